The fourth-order valence-corrected chi connectivity index (χ4v) is 4.97. The van der Waals surface area contributed by atoms with Crippen LogP contribution < -0.4 is 0 Å². The standard InChI is InChI=1S/C14H14Cl2N2O3S/c15-13-6-9-3-4-11(7-12(9)14(16)17-13)22(20,21)18-5-1-2-10(18)8-19/h3-4,6-7,10,19H,1-2,5,8H2/t10-/m1/s1. The molecular formula is C14H14Cl2N2O3S. The van der Waals surface area contributed by atoms with E-state index in [-0.39, 0.29) is 27.9 Å². The number of nitrogens with zero attached hydrogens (tertiary/aromatic N) is 2. The van der Waals surface area contributed by atoms with E-state index >= 15 is 0 Å². The summed E-state index contributed by atoms with van der Waals surface area (Å²) >= 11 is 11.9. The number of halogens is 2. The lowest BCUT2D eigenvalue weighted by Crippen LogP contribution is -2.37. The Hall–Kier alpha value is -0.920. The third kappa shape index (κ3) is 2.70. The highest BCUT2D eigenvalue weighted by atomic mass is 35.5. The number of aliphatic hydroxyl groups excluding tert-OH is 1. The molecule has 2 aromatic rings. The van der Waals surface area contributed by atoms with Crippen LogP contribution in [0.2, 0.25) is 10.3 Å². The van der Waals surface area contributed by atoms with Crippen molar-refractivity contribution in [3.8, 4) is 0 Å². The van der Waals surface area contributed by atoms with Crippen LogP contribution in [0.4, 0.5) is 0 Å². The lowest BCUT2D eigenvalue weighted by molar-refractivity contribution is 0.213. The smallest absolute Gasteiger partial charge is 0.243 e. The average molecular weight is 361 g/mol. The lowest BCUT2D eigenvalue weighted by Gasteiger charge is -2.22. The van der Waals surface area contributed by atoms with Gasteiger partial charge in [0.15, 0.2) is 0 Å². The SMILES string of the molecule is O=S(=O)(c1ccc2cc(Cl)nc(Cl)c2c1)N1CCC[C@@H]1CO. The Bertz CT molecular complexity index is 826. The average Bonchev–Trinajstić information content (AvgIpc) is 2.96. The molecule has 0 radical (unpaired) electrons. The lowest BCUT2D eigenvalue weighted by atomic mass is 10.2. The van der Waals surface area contributed by atoms with Gasteiger partial charge in [0.05, 0.1) is 11.5 Å². The largest absolute Gasteiger partial charge is 0.395 e. The highest BCUT2D eigenvalue weighted by Crippen LogP contribution is 2.30. The molecule has 1 fully saturated rings. The molecule has 1 aromatic heterocycles. The molecule has 0 spiro atoms. The normalized spacial score (nSPS) is 19.9. The minimum atomic E-state index is -3.66. The van der Waals surface area contributed by atoms with Crippen LogP contribution in [0.5, 0.6) is 0 Å². The summed E-state index contributed by atoms with van der Waals surface area (Å²) in [6.07, 6.45) is 1.41. The molecular weight excluding hydrogens is 347 g/mol. The van der Waals surface area contributed by atoms with E-state index in [1.807, 2.05) is 0 Å². The Kier molecular flexibility index (Phi) is 4.31. The minimum Gasteiger partial charge on any atom is -0.395 e. The van der Waals surface area contributed by atoms with Crippen LogP contribution in [0, 0.1) is 0 Å². The van der Waals surface area contributed by atoms with Crippen LogP contribution in [0.3, 0.4) is 0 Å². The van der Waals surface area contributed by atoms with E-state index in [1.165, 1.54) is 16.4 Å². The van der Waals surface area contributed by atoms with Gasteiger partial charge >= 0.3 is 0 Å². The van der Waals surface area contributed by atoms with Gasteiger partial charge in [0.1, 0.15) is 10.3 Å². The van der Waals surface area contributed by atoms with E-state index in [1.54, 1.807) is 12.1 Å². The summed E-state index contributed by atoms with van der Waals surface area (Å²) in [5.74, 6) is 0. The molecule has 1 saturated heterocycles. The van der Waals surface area contributed by atoms with E-state index in [2.05, 4.69) is 4.98 Å². The number of benzene rings is 1. The van der Waals surface area contributed by atoms with Gasteiger partial charge in [0, 0.05) is 18.0 Å². The first-order valence-corrected chi connectivity index (χ1v) is 9.01. The predicted molar refractivity (Wildman–Crippen MR) is 85.8 cm³/mol. The number of sulfonamides is 1. The van der Waals surface area contributed by atoms with E-state index in [0.29, 0.717) is 18.4 Å². The zero-order valence-electron chi connectivity index (χ0n) is 11.5. The van der Waals surface area contributed by atoms with Crippen LogP contribution in [0.1, 0.15) is 12.8 Å². The molecule has 22 heavy (non-hydrogen) atoms. The van der Waals surface area contributed by atoms with Gasteiger partial charge in [-0.15, -0.1) is 0 Å². The highest BCUT2D eigenvalue weighted by molar-refractivity contribution is 7.89. The molecule has 0 bridgehead atoms. The van der Waals surface area contributed by atoms with Gasteiger partial charge in [-0.1, -0.05) is 29.3 Å². The van der Waals surface area contributed by atoms with Crippen molar-refractivity contribution in [1.82, 2.24) is 9.29 Å². The number of rotatable bonds is 3. The maximum Gasteiger partial charge on any atom is 0.243 e. The zero-order chi connectivity index (χ0) is 15.9. The number of pyridine rings is 1. The van der Waals surface area contributed by atoms with E-state index in [9.17, 15) is 13.5 Å². The van der Waals surface area contributed by atoms with E-state index in [0.717, 1.165) is 11.8 Å². The maximum absolute atomic E-state index is 12.8. The van der Waals surface area contributed by atoms with Gasteiger partial charge in [-0.25, -0.2) is 13.4 Å². The van der Waals surface area contributed by atoms with E-state index in [4.69, 9.17) is 23.2 Å². The van der Waals surface area contributed by atoms with Crippen molar-refractivity contribution in [2.45, 2.75) is 23.8 Å². The summed E-state index contributed by atoms with van der Waals surface area (Å²) in [5, 5.41) is 11.0. The van der Waals surface area contributed by atoms with Gasteiger partial charge in [-0.3, -0.25) is 0 Å². The third-order valence-electron chi connectivity index (χ3n) is 3.87. The van der Waals surface area contributed by atoms with Gasteiger partial charge in [0.2, 0.25) is 10.0 Å². The number of hydrogen-bond donors (Lipinski definition) is 1. The predicted octanol–water partition coefficient (Wildman–Crippen LogP) is 2.69. The molecule has 2 heterocycles. The fraction of sp³-hybridized carbons (Fsp3) is 0.357. The Morgan fingerprint density at radius 1 is 1.32 bits per heavy atom. The second-order valence-electron chi connectivity index (χ2n) is 5.21. The quantitative estimate of drug-likeness (QED) is 0.854. The van der Waals surface area contributed by atoms with Crippen molar-refractivity contribution in [2.24, 2.45) is 0 Å². The van der Waals surface area contributed by atoms with Crippen molar-refractivity contribution in [2.75, 3.05) is 13.2 Å². The molecule has 0 aliphatic carbocycles. The number of hydrogen-bond acceptors (Lipinski definition) is 4. The van der Waals surface area contributed by atoms with Crippen LogP contribution >= 0.6 is 23.2 Å². The Morgan fingerprint density at radius 2 is 2.09 bits per heavy atom. The summed E-state index contributed by atoms with van der Waals surface area (Å²) in [7, 11) is -3.66. The van der Waals surface area contributed by atoms with Crippen molar-refractivity contribution in [3.05, 3.63) is 34.6 Å². The first-order valence-electron chi connectivity index (χ1n) is 6.82. The third-order valence-corrected chi connectivity index (χ3v) is 6.30. The molecule has 0 unspecified atom stereocenters. The Labute approximate surface area is 138 Å². The van der Waals surface area contributed by atoms with Crippen molar-refractivity contribution < 1.29 is 13.5 Å². The molecule has 1 aromatic carbocycles. The highest BCUT2D eigenvalue weighted by Gasteiger charge is 2.34. The number of aromatic nitrogens is 1. The van der Waals surface area contributed by atoms with Crippen LogP contribution in [-0.2, 0) is 10.0 Å². The number of fused-ring (bicyclic) bond motifs is 1. The summed E-state index contributed by atoms with van der Waals surface area (Å²) in [4.78, 5) is 4.08. The molecule has 1 N–H and O–H groups in total. The Morgan fingerprint density at radius 3 is 2.82 bits per heavy atom. The first kappa shape index (κ1) is 16.0. The topological polar surface area (TPSA) is 70.5 Å². The van der Waals surface area contributed by atoms with Gasteiger partial charge < -0.3 is 5.11 Å². The fourth-order valence-electron chi connectivity index (χ4n) is 2.76. The van der Waals surface area contributed by atoms with Crippen LogP contribution in [0.15, 0.2) is 29.2 Å². The van der Waals surface area contributed by atoms with Gasteiger partial charge in [0.25, 0.3) is 0 Å². The summed E-state index contributed by atoms with van der Waals surface area (Å²) in [5.41, 5.74) is 0. The number of aliphatic hydroxyl groups is 1. The molecule has 0 amide bonds. The first-order chi connectivity index (χ1) is 10.4. The second-order valence-corrected chi connectivity index (χ2v) is 7.85. The molecule has 1 atom stereocenters. The molecule has 118 valence electrons. The molecule has 5 nitrogen and oxygen atoms in total. The zero-order valence-corrected chi connectivity index (χ0v) is 13.9. The van der Waals surface area contributed by atoms with Crippen molar-refractivity contribution in [1.29, 1.82) is 0 Å². The maximum atomic E-state index is 12.8. The summed E-state index contributed by atoms with van der Waals surface area (Å²) in [6, 6.07) is 5.96. The van der Waals surface area contributed by atoms with Crippen molar-refractivity contribution >= 4 is 44.0 Å². The molecule has 0 saturated carbocycles. The molecule has 1 aliphatic rings. The monoisotopic (exact) mass is 360 g/mol. The molecule has 8 heteroatoms. The summed E-state index contributed by atoms with van der Waals surface area (Å²) < 4.78 is 26.9. The Balaban J connectivity index is 2.10. The minimum absolute atomic E-state index is 0.145. The van der Waals surface area contributed by atoms with E-state index < -0.39 is 10.0 Å². The van der Waals surface area contributed by atoms with Crippen molar-refractivity contribution in [3.63, 3.8) is 0 Å². The molecule has 1 aliphatic heterocycles. The van der Waals surface area contributed by atoms with Crippen LogP contribution in [-0.4, -0.2) is 42.0 Å². The van der Waals surface area contributed by atoms with Gasteiger partial charge in [-0.05, 0) is 36.4 Å². The second kappa shape index (κ2) is 5.94. The molecule has 3 rings (SSSR count). The van der Waals surface area contributed by atoms with Gasteiger partial charge in [-0.2, -0.15) is 4.31 Å². The van der Waals surface area contributed by atoms with Crippen LogP contribution in [0.25, 0.3) is 10.8 Å². The summed E-state index contributed by atoms with van der Waals surface area (Å²) in [6.45, 7) is 0.239.